The van der Waals surface area contributed by atoms with Gasteiger partial charge in [-0.1, -0.05) is 72.8 Å². The highest BCUT2D eigenvalue weighted by atomic mass is 19.1. The number of hydrogen-bond acceptors (Lipinski definition) is 3. The smallest absolute Gasteiger partial charge is 0.238 e. The zero-order valence-corrected chi connectivity index (χ0v) is 17.3. The van der Waals surface area contributed by atoms with Crippen molar-refractivity contribution in [3.8, 4) is 28.7 Å². The van der Waals surface area contributed by atoms with Crippen LogP contribution in [-0.2, 0) is 0 Å². The van der Waals surface area contributed by atoms with E-state index in [2.05, 4.69) is 9.97 Å². The minimum Gasteiger partial charge on any atom is -0.278 e. The van der Waals surface area contributed by atoms with Crippen molar-refractivity contribution in [2.45, 2.75) is 0 Å². The molecule has 6 heteroatoms. The zero-order valence-electron chi connectivity index (χ0n) is 17.3. The Balaban J connectivity index is 1.72. The Bertz CT molecular complexity index is 1570. The lowest BCUT2D eigenvalue weighted by molar-refractivity contribution is 0.587. The Morgan fingerprint density at radius 1 is 0.515 bits per heavy atom. The Kier molecular flexibility index (Phi) is 4.43. The first kappa shape index (κ1) is 19.3. The van der Waals surface area contributed by atoms with Crippen LogP contribution in [0.25, 0.3) is 50.5 Å². The number of hydrogen-bond donors (Lipinski definition) is 0. The molecule has 0 saturated carbocycles. The predicted molar refractivity (Wildman–Crippen MR) is 125 cm³/mol. The largest absolute Gasteiger partial charge is 0.278 e. The van der Waals surface area contributed by atoms with Gasteiger partial charge in [0.2, 0.25) is 5.95 Å². The van der Waals surface area contributed by atoms with E-state index in [0.29, 0.717) is 11.8 Å². The van der Waals surface area contributed by atoms with Crippen LogP contribution in [0.5, 0.6) is 0 Å². The number of para-hydroxylation sites is 2. The molecule has 0 saturated heterocycles. The van der Waals surface area contributed by atoms with Crippen molar-refractivity contribution in [1.29, 1.82) is 0 Å². The van der Waals surface area contributed by atoms with E-state index in [1.165, 1.54) is 18.2 Å². The monoisotopic (exact) mass is 434 g/mol. The van der Waals surface area contributed by atoms with E-state index in [0.717, 1.165) is 27.4 Å². The lowest BCUT2D eigenvalue weighted by Crippen LogP contribution is -2.07. The van der Waals surface area contributed by atoms with E-state index in [9.17, 15) is 8.78 Å². The average molecular weight is 434 g/mol. The maximum Gasteiger partial charge on any atom is 0.238 e. The van der Waals surface area contributed by atoms with Crippen LogP contribution in [0, 0.1) is 11.6 Å². The number of nitrogens with zero attached hydrogens (tertiary/aromatic N) is 4. The fourth-order valence-electron chi connectivity index (χ4n) is 4.14. The van der Waals surface area contributed by atoms with E-state index >= 15 is 0 Å². The SMILES string of the molecule is Fc1cccc(F)c1-c1nc(-c2ccccc2)nc(-n2c3ccccc3c3ccccc32)n1. The van der Waals surface area contributed by atoms with Gasteiger partial charge in [0.05, 0.1) is 16.6 Å². The van der Waals surface area contributed by atoms with Gasteiger partial charge in [0, 0.05) is 16.3 Å². The van der Waals surface area contributed by atoms with Gasteiger partial charge in [-0.25, -0.2) is 13.8 Å². The van der Waals surface area contributed by atoms with Crippen molar-refractivity contribution in [2.24, 2.45) is 0 Å². The first-order chi connectivity index (χ1) is 16.2. The van der Waals surface area contributed by atoms with Crippen molar-refractivity contribution < 1.29 is 8.78 Å². The molecule has 2 aromatic heterocycles. The van der Waals surface area contributed by atoms with Gasteiger partial charge >= 0.3 is 0 Å². The average Bonchev–Trinajstić information content (AvgIpc) is 3.19. The second-order valence-corrected chi connectivity index (χ2v) is 7.62. The first-order valence-electron chi connectivity index (χ1n) is 10.4. The summed E-state index contributed by atoms with van der Waals surface area (Å²) in [4.78, 5) is 13.7. The molecule has 0 fully saturated rings. The number of aromatic nitrogens is 4. The molecule has 0 bridgehead atoms. The number of halogens is 2. The molecule has 0 aliphatic carbocycles. The molecular weight excluding hydrogens is 418 g/mol. The van der Waals surface area contributed by atoms with Crippen LogP contribution >= 0.6 is 0 Å². The third-order valence-electron chi connectivity index (χ3n) is 5.62. The number of rotatable bonds is 3. The zero-order chi connectivity index (χ0) is 22.4. The number of benzene rings is 4. The molecule has 0 amide bonds. The minimum atomic E-state index is -0.728. The van der Waals surface area contributed by atoms with Gasteiger partial charge in [-0.15, -0.1) is 0 Å². The third-order valence-corrected chi connectivity index (χ3v) is 5.62. The maximum atomic E-state index is 14.7. The molecule has 0 aliphatic heterocycles. The lowest BCUT2D eigenvalue weighted by atomic mass is 10.1. The Morgan fingerprint density at radius 2 is 1.06 bits per heavy atom. The lowest BCUT2D eigenvalue weighted by Gasteiger charge is -2.11. The van der Waals surface area contributed by atoms with Crippen LogP contribution < -0.4 is 0 Å². The van der Waals surface area contributed by atoms with Crippen LogP contribution in [0.1, 0.15) is 0 Å². The summed E-state index contributed by atoms with van der Waals surface area (Å²) in [7, 11) is 0. The van der Waals surface area contributed by atoms with Gasteiger partial charge in [0.15, 0.2) is 11.6 Å². The second-order valence-electron chi connectivity index (χ2n) is 7.62. The predicted octanol–water partition coefficient (Wildman–Crippen LogP) is 6.58. The molecule has 2 heterocycles. The van der Waals surface area contributed by atoms with E-state index < -0.39 is 11.6 Å². The molecule has 0 spiro atoms. The van der Waals surface area contributed by atoms with Crippen molar-refractivity contribution in [3.05, 3.63) is 109 Å². The molecule has 0 atom stereocenters. The maximum absolute atomic E-state index is 14.7. The quantitative estimate of drug-likeness (QED) is 0.316. The molecule has 0 N–H and O–H groups in total. The first-order valence-corrected chi connectivity index (χ1v) is 10.4. The molecule has 6 rings (SSSR count). The summed E-state index contributed by atoms with van der Waals surface area (Å²) in [6.07, 6.45) is 0. The molecule has 158 valence electrons. The Labute approximate surface area is 187 Å². The van der Waals surface area contributed by atoms with Crippen LogP contribution in [-0.4, -0.2) is 19.5 Å². The van der Waals surface area contributed by atoms with Gasteiger partial charge in [0.25, 0.3) is 0 Å². The second kappa shape index (κ2) is 7.60. The van der Waals surface area contributed by atoms with Gasteiger partial charge in [-0.3, -0.25) is 4.57 Å². The summed E-state index contributed by atoms with van der Waals surface area (Å²) in [5, 5.41) is 2.07. The van der Waals surface area contributed by atoms with Gasteiger partial charge < -0.3 is 0 Å². The van der Waals surface area contributed by atoms with E-state index in [-0.39, 0.29) is 11.4 Å². The molecule has 0 radical (unpaired) electrons. The Hall–Kier alpha value is -4.45. The molecule has 6 aromatic rings. The highest BCUT2D eigenvalue weighted by Crippen LogP contribution is 2.32. The summed E-state index contributed by atoms with van der Waals surface area (Å²) in [6.45, 7) is 0. The summed E-state index contributed by atoms with van der Waals surface area (Å²) in [6, 6.07) is 28.9. The van der Waals surface area contributed by atoms with Gasteiger partial charge in [-0.2, -0.15) is 9.97 Å². The van der Waals surface area contributed by atoms with E-state index in [4.69, 9.17) is 4.98 Å². The third kappa shape index (κ3) is 3.15. The summed E-state index contributed by atoms with van der Waals surface area (Å²) in [5.41, 5.74) is 2.23. The van der Waals surface area contributed by atoms with Crippen molar-refractivity contribution in [1.82, 2.24) is 19.5 Å². The highest BCUT2D eigenvalue weighted by Gasteiger charge is 2.20. The van der Waals surface area contributed by atoms with Crippen molar-refractivity contribution >= 4 is 21.8 Å². The highest BCUT2D eigenvalue weighted by molar-refractivity contribution is 6.08. The number of fused-ring (bicyclic) bond motifs is 3. The topological polar surface area (TPSA) is 43.6 Å². The van der Waals surface area contributed by atoms with Gasteiger partial charge in [0.1, 0.15) is 11.6 Å². The minimum absolute atomic E-state index is 0.0590. The fraction of sp³-hybridized carbons (Fsp3) is 0. The van der Waals surface area contributed by atoms with E-state index in [1.807, 2.05) is 83.4 Å². The molecule has 33 heavy (non-hydrogen) atoms. The van der Waals surface area contributed by atoms with Crippen molar-refractivity contribution in [2.75, 3.05) is 0 Å². The van der Waals surface area contributed by atoms with Crippen molar-refractivity contribution in [3.63, 3.8) is 0 Å². The summed E-state index contributed by atoms with van der Waals surface area (Å²) in [5.74, 6) is -0.892. The Morgan fingerprint density at radius 3 is 1.70 bits per heavy atom. The van der Waals surface area contributed by atoms with Crippen LogP contribution in [0.2, 0.25) is 0 Å². The molecule has 4 nitrogen and oxygen atoms in total. The molecular formula is C27H16F2N4. The van der Waals surface area contributed by atoms with Gasteiger partial charge in [-0.05, 0) is 24.3 Å². The molecule has 0 unspecified atom stereocenters. The van der Waals surface area contributed by atoms with Crippen LogP contribution in [0.3, 0.4) is 0 Å². The summed E-state index contributed by atoms with van der Waals surface area (Å²) < 4.78 is 31.3. The van der Waals surface area contributed by atoms with E-state index in [1.54, 1.807) is 0 Å². The normalized spacial score (nSPS) is 11.3. The van der Waals surface area contributed by atoms with Crippen LogP contribution in [0.4, 0.5) is 8.78 Å². The molecule has 0 aliphatic rings. The summed E-state index contributed by atoms with van der Waals surface area (Å²) >= 11 is 0. The standard InChI is InChI=1S/C27H16F2N4/c28-20-13-8-14-21(29)24(20)26-30-25(17-9-2-1-3-10-17)31-27(32-26)33-22-15-6-4-11-18(22)19-12-5-7-16-23(19)33/h1-16H. The van der Waals surface area contributed by atoms with Crippen LogP contribution in [0.15, 0.2) is 97.1 Å². The fourth-order valence-corrected chi connectivity index (χ4v) is 4.14. The molecule has 4 aromatic carbocycles.